The lowest BCUT2D eigenvalue weighted by molar-refractivity contribution is 1.30. The minimum atomic E-state index is 0.413. The fourth-order valence-electron chi connectivity index (χ4n) is 0.524. The van der Waals surface area contributed by atoms with E-state index in [2.05, 4.69) is 26.8 Å². The highest BCUT2D eigenvalue weighted by Crippen LogP contribution is 2.16. The van der Waals surface area contributed by atoms with Crippen molar-refractivity contribution >= 4 is 27.5 Å². The van der Waals surface area contributed by atoms with Crippen LogP contribution in [0.1, 0.15) is 5.56 Å². The minimum Gasteiger partial charge on any atom is -0.243 e. The molecule has 0 unspecified atom stereocenters. The number of terminal acetylenes is 1. The molecule has 0 aliphatic heterocycles. The Balaban J connectivity index is 3.25. The molecule has 1 nitrogen and oxygen atoms in total. The average Bonchev–Trinajstić information content (AvgIpc) is 1.94. The Morgan fingerprint density at radius 2 is 2.40 bits per heavy atom. The number of halogens is 2. The summed E-state index contributed by atoms with van der Waals surface area (Å²) < 4.78 is 0.791. The van der Waals surface area contributed by atoms with Crippen molar-refractivity contribution in [1.29, 1.82) is 0 Å². The molecule has 10 heavy (non-hydrogen) atoms. The van der Waals surface area contributed by atoms with Crippen molar-refractivity contribution in [3.05, 3.63) is 27.5 Å². The van der Waals surface area contributed by atoms with E-state index < -0.39 is 0 Å². The largest absolute Gasteiger partial charge is 0.243 e. The second-order valence-electron chi connectivity index (χ2n) is 1.63. The molecule has 0 aromatic carbocycles. The normalized spacial score (nSPS) is 8.90. The van der Waals surface area contributed by atoms with Crippen LogP contribution in [0.5, 0.6) is 0 Å². The average molecular weight is 216 g/mol. The van der Waals surface area contributed by atoms with Crippen LogP contribution in [0.2, 0.25) is 5.15 Å². The first kappa shape index (κ1) is 7.59. The number of hydrogen-bond acceptors (Lipinski definition) is 1. The topological polar surface area (TPSA) is 12.9 Å². The predicted octanol–water partition coefficient (Wildman–Crippen LogP) is 2.48. The van der Waals surface area contributed by atoms with Crippen molar-refractivity contribution in [2.45, 2.75) is 0 Å². The van der Waals surface area contributed by atoms with Gasteiger partial charge in [0.25, 0.3) is 0 Å². The third kappa shape index (κ3) is 1.50. The van der Waals surface area contributed by atoms with E-state index in [1.54, 1.807) is 12.3 Å². The van der Waals surface area contributed by atoms with Gasteiger partial charge in [-0.15, -0.1) is 6.42 Å². The van der Waals surface area contributed by atoms with Gasteiger partial charge in [-0.3, -0.25) is 0 Å². The van der Waals surface area contributed by atoms with Gasteiger partial charge in [0.15, 0.2) is 0 Å². The first-order chi connectivity index (χ1) is 4.74. The van der Waals surface area contributed by atoms with Gasteiger partial charge in [-0.05, 0) is 22.0 Å². The quantitative estimate of drug-likeness (QED) is 0.480. The number of nitrogens with zero attached hydrogens (tertiary/aromatic N) is 1. The molecule has 0 aliphatic carbocycles. The molecule has 0 saturated heterocycles. The number of rotatable bonds is 0. The van der Waals surface area contributed by atoms with Crippen molar-refractivity contribution in [2.75, 3.05) is 0 Å². The van der Waals surface area contributed by atoms with Crippen LogP contribution < -0.4 is 0 Å². The first-order valence-corrected chi connectivity index (χ1v) is 3.69. The van der Waals surface area contributed by atoms with Gasteiger partial charge in [-0.25, -0.2) is 4.98 Å². The second-order valence-corrected chi connectivity index (χ2v) is 2.87. The molecule has 1 rings (SSSR count). The Labute approximate surface area is 72.6 Å². The van der Waals surface area contributed by atoms with Crippen LogP contribution in [0.15, 0.2) is 16.7 Å². The Morgan fingerprint density at radius 1 is 1.70 bits per heavy atom. The maximum absolute atomic E-state index is 5.57. The molecule has 0 amide bonds. The fraction of sp³-hybridized carbons (Fsp3) is 0. The molecule has 0 aliphatic rings. The van der Waals surface area contributed by atoms with E-state index in [1.807, 2.05) is 0 Å². The summed E-state index contributed by atoms with van der Waals surface area (Å²) in [6.45, 7) is 0. The molecule has 0 atom stereocenters. The third-order valence-corrected chi connectivity index (χ3v) is 1.82. The van der Waals surface area contributed by atoms with Crippen LogP contribution in [-0.2, 0) is 0 Å². The molecule has 0 fully saturated rings. The van der Waals surface area contributed by atoms with Crippen molar-refractivity contribution < 1.29 is 0 Å². The first-order valence-electron chi connectivity index (χ1n) is 2.51. The maximum Gasteiger partial charge on any atom is 0.130 e. The van der Waals surface area contributed by atoms with Crippen molar-refractivity contribution in [3.63, 3.8) is 0 Å². The van der Waals surface area contributed by atoms with E-state index in [-0.39, 0.29) is 0 Å². The minimum absolute atomic E-state index is 0.413. The molecule has 0 radical (unpaired) electrons. The zero-order valence-electron chi connectivity index (χ0n) is 4.94. The summed E-state index contributed by atoms with van der Waals surface area (Å²) in [7, 11) is 0. The lowest BCUT2D eigenvalue weighted by Crippen LogP contribution is -1.79. The Morgan fingerprint density at radius 3 is 2.90 bits per heavy atom. The van der Waals surface area contributed by atoms with Crippen LogP contribution in [0.4, 0.5) is 0 Å². The molecule has 3 heteroatoms. The third-order valence-electron chi connectivity index (χ3n) is 0.977. The fourth-order valence-corrected chi connectivity index (χ4v) is 1.01. The van der Waals surface area contributed by atoms with E-state index >= 15 is 0 Å². The van der Waals surface area contributed by atoms with E-state index in [9.17, 15) is 0 Å². The zero-order chi connectivity index (χ0) is 7.56. The molecule has 0 saturated carbocycles. The highest BCUT2D eigenvalue weighted by molar-refractivity contribution is 9.10. The molecule has 1 heterocycles. The van der Waals surface area contributed by atoms with Gasteiger partial charge in [0.05, 0.1) is 4.47 Å². The van der Waals surface area contributed by atoms with Gasteiger partial charge in [0, 0.05) is 11.8 Å². The summed E-state index contributed by atoms with van der Waals surface area (Å²) in [6, 6.07) is 1.63. The van der Waals surface area contributed by atoms with Crippen LogP contribution in [0.3, 0.4) is 0 Å². The maximum atomic E-state index is 5.57. The van der Waals surface area contributed by atoms with Gasteiger partial charge in [0.1, 0.15) is 5.15 Å². The van der Waals surface area contributed by atoms with Gasteiger partial charge in [0.2, 0.25) is 0 Å². The summed E-state index contributed by atoms with van der Waals surface area (Å²) in [6.07, 6.45) is 6.73. The monoisotopic (exact) mass is 215 g/mol. The Bertz CT molecular complexity index is 290. The van der Waals surface area contributed by atoms with Crippen LogP contribution >= 0.6 is 27.5 Å². The van der Waals surface area contributed by atoms with Crippen molar-refractivity contribution in [1.82, 2.24) is 4.98 Å². The second kappa shape index (κ2) is 3.05. The van der Waals surface area contributed by atoms with Crippen LogP contribution in [0, 0.1) is 12.3 Å². The highest BCUT2D eigenvalue weighted by atomic mass is 79.9. The van der Waals surface area contributed by atoms with Crippen LogP contribution in [0.25, 0.3) is 0 Å². The number of aromatic nitrogens is 1. The summed E-state index contributed by atoms with van der Waals surface area (Å²) in [5.41, 5.74) is 0.722. The van der Waals surface area contributed by atoms with Crippen molar-refractivity contribution in [3.8, 4) is 12.3 Å². The Kier molecular flexibility index (Phi) is 2.31. The van der Waals surface area contributed by atoms with Crippen molar-refractivity contribution in [2.24, 2.45) is 0 Å². The Hall–Kier alpha value is -0.520. The molecule has 0 bridgehead atoms. The molecule has 1 aromatic heterocycles. The molecule has 0 N–H and O–H groups in total. The van der Waals surface area contributed by atoms with Crippen LogP contribution in [-0.4, -0.2) is 4.98 Å². The molecule has 50 valence electrons. The molecular formula is C7H3BrClN. The molecule has 1 aromatic rings. The number of pyridine rings is 1. The smallest absolute Gasteiger partial charge is 0.130 e. The summed E-state index contributed by atoms with van der Waals surface area (Å²) in [5.74, 6) is 2.46. The van der Waals surface area contributed by atoms with Gasteiger partial charge in [-0.1, -0.05) is 17.5 Å². The SMILES string of the molecule is C#Cc1cc(Cl)ncc1Br. The van der Waals surface area contributed by atoms with E-state index in [4.69, 9.17) is 18.0 Å². The summed E-state index contributed by atoms with van der Waals surface area (Å²) >= 11 is 8.80. The summed E-state index contributed by atoms with van der Waals surface area (Å²) in [5, 5.41) is 0.413. The summed E-state index contributed by atoms with van der Waals surface area (Å²) in [4.78, 5) is 3.81. The predicted molar refractivity (Wildman–Crippen MR) is 44.9 cm³/mol. The van der Waals surface area contributed by atoms with E-state index in [0.717, 1.165) is 10.0 Å². The van der Waals surface area contributed by atoms with Gasteiger partial charge >= 0.3 is 0 Å². The standard InChI is InChI=1S/C7H3BrClN/c1-2-5-3-7(9)10-4-6(5)8/h1,3-4H. The lowest BCUT2D eigenvalue weighted by Gasteiger charge is -1.93. The van der Waals surface area contributed by atoms with E-state index in [0.29, 0.717) is 5.15 Å². The van der Waals surface area contributed by atoms with E-state index in [1.165, 1.54) is 0 Å². The van der Waals surface area contributed by atoms with Gasteiger partial charge in [-0.2, -0.15) is 0 Å². The lowest BCUT2D eigenvalue weighted by atomic mass is 10.3. The zero-order valence-corrected chi connectivity index (χ0v) is 7.28. The molecular weight excluding hydrogens is 213 g/mol. The highest BCUT2D eigenvalue weighted by Gasteiger charge is 1.96. The number of hydrogen-bond donors (Lipinski definition) is 0. The van der Waals surface area contributed by atoms with Gasteiger partial charge < -0.3 is 0 Å². The molecule has 0 spiro atoms.